The molecule has 0 spiro atoms. The number of hydrogen-bond donors (Lipinski definition) is 4. The van der Waals surface area contributed by atoms with Crippen molar-refractivity contribution in [2.45, 2.75) is 289 Å². The highest BCUT2D eigenvalue weighted by Gasteiger charge is 2.20. The van der Waals surface area contributed by atoms with Gasteiger partial charge in [-0.1, -0.05) is 244 Å². The van der Waals surface area contributed by atoms with Gasteiger partial charge in [0.25, 0.3) is 0 Å². The maximum Gasteiger partial charge on any atom is 0.222 e. The van der Waals surface area contributed by atoms with Crippen molar-refractivity contribution >= 4 is 5.91 Å². The highest BCUT2D eigenvalue weighted by Crippen LogP contribution is 2.16. The predicted octanol–water partition coefficient (Wildman–Crippen LogP) is 14.9. The number of aliphatic hydroxyl groups excluding tert-OH is 3. The van der Waals surface area contributed by atoms with Crippen molar-refractivity contribution in [3.63, 3.8) is 0 Å². The molecule has 0 aromatic heterocycles. The molecule has 0 bridgehead atoms. The van der Waals surface area contributed by atoms with Crippen molar-refractivity contribution in [1.29, 1.82) is 0 Å². The first-order valence-electron chi connectivity index (χ1n) is 25.1. The molecule has 0 aromatic carbocycles. The second kappa shape index (κ2) is 46.5. The van der Waals surface area contributed by atoms with Crippen LogP contribution in [-0.4, -0.2) is 46.1 Å². The number of carbonyl (C=O) groups excluding carboxylic acids is 1. The molecule has 1 amide bonds. The SMILES string of the molecule is CCCCCCCCCCCCCC/C=C\CCCCCCCCCCCC(O)CC(=O)NC(CO)C(O)/C=C/CCCCCCCCCCCCCCCC. The summed E-state index contributed by atoms with van der Waals surface area (Å²) in [5.41, 5.74) is 0. The fraction of sp³-hybridized carbons (Fsp3) is 0.902. The van der Waals surface area contributed by atoms with E-state index < -0.39 is 18.2 Å². The third kappa shape index (κ3) is 42.4. The van der Waals surface area contributed by atoms with Gasteiger partial charge in [-0.15, -0.1) is 0 Å². The van der Waals surface area contributed by atoms with E-state index in [0.29, 0.717) is 6.42 Å². The van der Waals surface area contributed by atoms with Gasteiger partial charge in [0, 0.05) is 0 Å². The second-order valence-electron chi connectivity index (χ2n) is 17.4. The number of aliphatic hydroxyl groups is 3. The van der Waals surface area contributed by atoms with Crippen molar-refractivity contribution in [1.82, 2.24) is 5.32 Å². The quantitative estimate of drug-likeness (QED) is 0.0365. The number of unbranched alkanes of at least 4 members (excludes halogenated alkanes) is 35. The Bertz CT molecular complexity index is 829. The van der Waals surface area contributed by atoms with E-state index in [4.69, 9.17) is 0 Å². The Hall–Kier alpha value is -1.17. The lowest BCUT2D eigenvalue weighted by atomic mass is 10.0. The zero-order chi connectivity index (χ0) is 40.8. The van der Waals surface area contributed by atoms with Gasteiger partial charge in [0.15, 0.2) is 0 Å². The van der Waals surface area contributed by atoms with E-state index in [1.807, 2.05) is 6.08 Å². The molecule has 0 fully saturated rings. The van der Waals surface area contributed by atoms with Crippen LogP contribution >= 0.6 is 0 Å². The predicted molar refractivity (Wildman–Crippen MR) is 245 cm³/mol. The van der Waals surface area contributed by atoms with Crippen molar-refractivity contribution in [2.75, 3.05) is 6.61 Å². The molecular weight excluding hydrogens is 691 g/mol. The molecule has 0 radical (unpaired) electrons. The van der Waals surface area contributed by atoms with Gasteiger partial charge in [0.2, 0.25) is 5.91 Å². The van der Waals surface area contributed by atoms with Crippen LogP contribution < -0.4 is 5.32 Å². The Labute approximate surface area is 350 Å². The molecule has 0 heterocycles. The largest absolute Gasteiger partial charge is 0.394 e. The normalized spacial score (nSPS) is 13.6. The summed E-state index contributed by atoms with van der Waals surface area (Å²) in [5.74, 6) is -0.314. The minimum absolute atomic E-state index is 0.0145. The van der Waals surface area contributed by atoms with E-state index in [-0.39, 0.29) is 18.9 Å². The molecule has 0 aliphatic carbocycles. The Morgan fingerprint density at radius 2 is 0.750 bits per heavy atom. The molecule has 5 heteroatoms. The van der Waals surface area contributed by atoms with Crippen LogP contribution in [0.4, 0.5) is 0 Å². The summed E-state index contributed by atoms with van der Waals surface area (Å²) in [6, 6.07) is -0.743. The zero-order valence-electron chi connectivity index (χ0n) is 37.8. The molecule has 3 atom stereocenters. The minimum atomic E-state index is -0.927. The van der Waals surface area contributed by atoms with E-state index in [9.17, 15) is 20.1 Å². The molecule has 0 saturated carbocycles. The summed E-state index contributed by atoms with van der Waals surface area (Å²) in [6.45, 7) is 4.23. The lowest BCUT2D eigenvalue weighted by Crippen LogP contribution is -2.45. The van der Waals surface area contributed by atoms with E-state index in [2.05, 4.69) is 31.3 Å². The third-order valence-corrected chi connectivity index (χ3v) is 11.7. The first-order valence-corrected chi connectivity index (χ1v) is 25.1. The smallest absolute Gasteiger partial charge is 0.222 e. The highest BCUT2D eigenvalue weighted by atomic mass is 16.3. The van der Waals surface area contributed by atoms with E-state index in [0.717, 1.165) is 25.7 Å². The first-order chi connectivity index (χ1) is 27.5. The van der Waals surface area contributed by atoms with Crippen molar-refractivity contribution in [3.8, 4) is 0 Å². The van der Waals surface area contributed by atoms with E-state index in [1.165, 1.54) is 218 Å². The Morgan fingerprint density at radius 1 is 0.446 bits per heavy atom. The summed E-state index contributed by atoms with van der Waals surface area (Å²) in [6.07, 6.45) is 57.7. The monoisotopic (exact) mass is 790 g/mol. The topological polar surface area (TPSA) is 89.8 Å². The van der Waals surface area contributed by atoms with Crippen molar-refractivity contribution in [2.24, 2.45) is 0 Å². The highest BCUT2D eigenvalue weighted by molar-refractivity contribution is 5.76. The third-order valence-electron chi connectivity index (χ3n) is 11.7. The summed E-state index contributed by atoms with van der Waals surface area (Å²) in [7, 11) is 0. The molecule has 0 aromatic rings. The maximum absolute atomic E-state index is 12.5. The van der Waals surface area contributed by atoms with Gasteiger partial charge in [-0.2, -0.15) is 0 Å². The molecule has 0 saturated heterocycles. The lowest BCUT2D eigenvalue weighted by Gasteiger charge is -2.21. The number of allylic oxidation sites excluding steroid dienone is 3. The molecule has 332 valence electrons. The van der Waals surface area contributed by atoms with Crippen LogP contribution in [0.25, 0.3) is 0 Å². The van der Waals surface area contributed by atoms with Gasteiger partial charge in [0.05, 0.1) is 31.3 Å². The molecule has 4 N–H and O–H groups in total. The molecule has 56 heavy (non-hydrogen) atoms. The lowest BCUT2D eigenvalue weighted by molar-refractivity contribution is -0.124. The summed E-state index contributed by atoms with van der Waals surface area (Å²) in [4.78, 5) is 12.5. The Balaban J connectivity index is 3.59. The van der Waals surface area contributed by atoms with Crippen LogP contribution in [0.5, 0.6) is 0 Å². The molecule has 5 nitrogen and oxygen atoms in total. The maximum atomic E-state index is 12.5. The molecule has 0 aliphatic rings. The van der Waals surface area contributed by atoms with Gasteiger partial charge >= 0.3 is 0 Å². The molecule has 3 unspecified atom stereocenters. The molecular formula is C51H99NO4. The minimum Gasteiger partial charge on any atom is -0.394 e. The van der Waals surface area contributed by atoms with Crippen LogP contribution in [-0.2, 0) is 4.79 Å². The van der Waals surface area contributed by atoms with Crippen LogP contribution in [0, 0.1) is 0 Å². The average molecular weight is 790 g/mol. The van der Waals surface area contributed by atoms with Crippen LogP contribution in [0.2, 0.25) is 0 Å². The standard InChI is InChI=1S/C51H99NO4/c1-3-5-7-9-11-13-15-17-19-21-22-23-24-25-26-27-28-29-30-32-34-36-38-40-42-44-48(54)46-51(56)52-49(47-53)50(55)45-43-41-39-37-35-33-31-20-18-16-14-12-10-8-6-4-2/h25-26,43,45,48-50,53-55H,3-24,27-42,44,46-47H2,1-2H3,(H,52,56)/b26-25-,45-43+. The number of hydrogen-bond acceptors (Lipinski definition) is 4. The van der Waals surface area contributed by atoms with Gasteiger partial charge in [0.1, 0.15) is 0 Å². The fourth-order valence-electron chi connectivity index (χ4n) is 7.87. The second-order valence-corrected chi connectivity index (χ2v) is 17.4. The Morgan fingerprint density at radius 3 is 1.09 bits per heavy atom. The van der Waals surface area contributed by atoms with Gasteiger partial charge < -0.3 is 20.6 Å². The summed E-state index contributed by atoms with van der Waals surface area (Å²) >= 11 is 0. The Kier molecular flexibility index (Phi) is 45.5. The number of amides is 1. The van der Waals surface area contributed by atoms with Gasteiger partial charge in [-0.3, -0.25) is 4.79 Å². The van der Waals surface area contributed by atoms with E-state index in [1.54, 1.807) is 6.08 Å². The number of carbonyl (C=O) groups is 1. The molecule has 0 rings (SSSR count). The van der Waals surface area contributed by atoms with Crippen LogP contribution in [0.15, 0.2) is 24.3 Å². The number of rotatable bonds is 46. The van der Waals surface area contributed by atoms with Crippen molar-refractivity contribution < 1.29 is 20.1 Å². The number of nitrogens with one attached hydrogen (secondary N) is 1. The van der Waals surface area contributed by atoms with Gasteiger partial charge in [-0.25, -0.2) is 0 Å². The van der Waals surface area contributed by atoms with Crippen molar-refractivity contribution in [3.05, 3.63) is 24.3 Å². The van der Waals surface area contributed by atoms with Gasteiger partial charge in [-0.05, 0) is 44.9 Å². The zero-order valence-corrected chi connectivity index (χ0v) is 37.8. The van der Waals surface area contributed by atoms with Crippen LogP contribution in [0.3, 0.4) is 0 Å². The molecule has 0 aliphatic heterocycles. The van der Waals surface area contributed by atoms with E-state index >= 15 is 0 Å². The summed E-state index contributed by atoms with van der Waals surface area (Å²) < 4.78 is 0. The average Bonchev–Trinajstić information content (AvgIpc) is 3.19. The van der Waals surface area contributed by atoms with Crippen LogP contribution in [0.1, 0.15) is 271 Å². The fourth-order valence-corrected chi connectivity index (χ4v) is 7.87. The summed E-state index contributed by atoms with van der Waals surface area (Å²) in [5, 5.41) is 33.3. The first kappa shape index (κ1) is 54.8.